The summed E-state index contributed by atoms with van der Waals surface area (Å²) >= 11 is 0. The summed E-state index contributed by atoms with van der Waals surface area (Å²) in [7, 11) is -3.67. The van der Waals surface area contributed by atoms with Crippen LogP contribution in [0.3, 0.4) is 0 Å². The fourth-order valence-corrected chi connectivity index (χ4v) is 3.93. The highest BCUT2D eigenvalue weighted by Gasteiger charge is 2.23. The molecule has 2 aromatic carbocycles. The fourth-order valence-electron chi connectivity index (χ4n) is 2.27. The van der Waals surface area contributed by atoms with Crippen LogP contribution in [0.1, 0.15) is 29.7 Å². The third kappa shape index (κ3) is 3.25. The van der Waals surface area contributed by atoms with Crippen LogP contribution in [-0.4, -0.2) is 8.42 Å². The highest BCUT2D eigenvalue weighted by Crippen LogP contribution is 2.27. The van der Waals surface area contributed by atoms with Crippen molar-refractivity contribution in [3.05, 3.63) is 59.2 Å². The number of nitrogens with one attached hydrogen (secondary N) is 1. The number of benzene rings is 2. The SMILES string of the molecule is Cc1ccc(C)c(S(=O)(=O)N[C@@H](C)c2ccccc2)c1N. The van der Waals surface area contributed by atoms with Gasteiger partial charge in [0.05, 0.1) is 5.69 Å². The number of nitrogen functional groups attached to an aromatic ring is 1. The highest BCUT2D eigenvalue weighted by molar-refractivity contribution is 7.89. The van der Waals surface area contributed by atoms with Crippen LogP contribution in [0.2, 0.25) is 0 Å². The van der Waals surface area contributed by atoms with Gasteiger partial charge in [0.2, 0.25) is 10.0 Å². The van der Waals surface area contributed by atoms with Crippen molar-refractivity contribution in [2.45, 2.75) is 31.7 Å². The molecule has 2 aromatic rings. The zero-order valence-corrected chi connectivity index (χ0v) is 13.2. The van der Waals surface area contributed by atoms with E-state index in [0.717, 1.165) is 11.1 Å². The molecule has 0 amide bonds. The number of hydrogen-bond donors (Lipinski definition) is 2. The molecule has 0 radical (unpaired) electrons. The lowest BCUT2D eigenvalue weighted by Crippen LogP contribution is -2.28. The molecule has 4 nitrogen and oxygen atoms in total. The number of nitrogens with two attached hydrogens (primary N) is 1. The summed E-state index contributed by atoms with van der Waals surface area (Å²) in [4.78, 5) is 0.172. The summed E-state index contributed by atoms with van der Waals surface area (Å²) < 4.78 is 27.9. The van der Waals surface area contributed by atoms with E-state index in [4.69, 9.17) is 5.73 Å². The Hall–Kier alpha value is -1.85. The summed E-state index contributed by atoms with van der Waals surface area (Å²) in [5.41, 5.74) is 8.58. The Kier molecular flexibility index (Phi) is 4.34. The summed E-state index contributed by atoms with van der Waals surface area (Å²) in [5.74, 6) is 0. The number of aryl methyl sites for hydroxylation is 2. The van der Waals surface area contributed by atoms with Crippen LogP contribution in [0.15, 0.2) is 47.4 Å². The van der Waals surface area contributed by atoms with E-state index in [-0.39, 0.29) is 10.9 Å². The highest BCUT2D eigenvalue weighted by atomic mass is 32.2. The van der Waals surface area contributed by atoms with Gasteiger partial charge in [0.1, 0.15) is 4.90 Å². The van der Waals surface area contributed by atoms with Gasteiger partial charge in [-0.05, 0) is 37.5 Å². The van der Waals surface area contributed by atoms with Gasteiger partial charge in [-0.25, -0.2) is 13.1 Å². The largest absolute Gasteiger partial charge is 0.397 e. The van der Waals surface area contributed by atoms with Crippen molar-refractivity contribution >= 4 is 15.7 Å². The topological polar surface area (TPSA) is 72.2 Å². The first-order chi connectivity index (χ1) is 9.83. The van der Waals surface area contributed by atoms with Gasteiger partial charge in [0.15, 0.2) is 0 Å². The van der Waals surface area contributed by atoms with Crippen LogP contribution in [-0.2, 0) is 10.0 Å². The molecule has 21 heavy (non-hydrogen) atoms. The van der Waals surface area contributed by atoms with Crippen LogP contribution in [0.5, 0.6) is 0 Å². The van der Waals surface area contributed by atoms with Crippen molar-refractivity contribution in [2.75, 3.05) is 5.73 Å². The van der Waals surface area contributed by atoms with Crippen LogP contribution < -0.4 is 10.5 Å². The molecule has 2 rings (SSSR count). The van der Waals surface area contributed by atoms with Crippen molar-refractivity contribution in [1.29, 1.82) is 0 Å². The van der Waals surface area contributed by atoms with Crippen molar-refractivity contribution in [2.24, 2.45) is 0 Å². The molecule has 0 aliphatic carbocycles. The van der Waals surface area contributed by atoms with E-state index in [1.807, 2.05) is 43.3 Å². The molecule has 0 heterocycles. The third-order valence-corrected chi connectivity index (χ3v) is 5.25. The Balaban J connectivity index is 2.38. The van der Waals surface area contributed by atoms with Crippen molar-refractivity contribution in [3.63, 3.8) is 0 Å². The van der Waals surface area contributed by atoms with Crippen LogP contribution in [0.4, 0.5) is 5.69 Å². The molecule has 0 bridgehead atoms. The molecule has 0 saturated carbocycles. The van der Waals surface area contributed by atoms with Gasteiger partial charge in [0.25, 0.3) is 0 Å². The maximum absolute atomic E-state index is 12.6. The van der Waals surface area contributed by atoms with Gasteiger partial charge in [-0.15, -0.1) is 0 Å². The van der Waals surface area contributed by atoms with Gasteiger partial charge < -0.3 is 5.73 Å². The van der Waals surface area contributed by atoms with Gasteiger partial charge in [0, 0.05) is 6.04 Å². The molecule has 0 unspecified atom stereocenters. The van der Waals surface area contributed by atoms with E-state index in [1.165, 1.54) is 0 Å². The average Bonchev–Trinajstić information content (AvgIpc) is 2.43. The van der Waals surface area contributed by atoms with E-state index >= 15 is 0 Å². The molecule has 0 aliphatic rings. The fraction of sp³-hybridized carbons (Fsp3) is 0.250. The number of hydrogen-bond acceptors (Lipinski definition) is 3. The molecule has 5 heteroatoms. The zero-order chi connectivity index (χ0) is 15.6. The molecule has 3 N–H and O–H groups in total. The lowest BCUT2D eigenvalue weighted by Gasteiger charge is -2.18. The molecule has 112 valence electrons. The smallest absolute Gasteiger partial charge is 0.243 e. The zero-order valence-electron chi connectivity index (χ0n) is 12.4. The van der Waals surface area contributed by atoms with Gasteiger partial charge in [-0.3, -0.25) is 0 Å². The van der Waals surface area contributed by atoms with Crippen LogP contribution in [0.25, 0.3) is 0 Å². The summed E-state index contributed by atoms with van der Waals surface area (Å²) in [6, 6.07) is 12.7. The second-order valence-corrected chi connectivity index (χ2v) is 6.85. The minimum atomic E-state index is -3.67. The first kappa shape index (κ1) is 15.5. The molecule has 0 aromatic heterocycles. The lowest BCUT2D eigenvalue weighted by molar-refractivity contribution is 0.566. The molecular weight excluding hydrogens is 284 g/mol. The lowest BCUT2D eigenvalue weighted by atomic mass is 10.1. The maximum atomic E-state index is 12.6. The minimum Gasteiger partial charge on any atom is -0.397 e. The van der Waals surface area contributed by atoms with Gasteiger partial charge >= 0.3 is 0 Å². The van der Waals surface area contributed by atoms with Crippen LogP contribution in [0, 0.1) is 13.8 Å². The molecule has 0 aliphatic heterocycles. The molecule has 0 fully saturated rings. The van der Waals surface area contributed by atoms with Crippen molar-refractivity contribution < 1.29 is 8.42 Å². The second-order valence-electron chi connectivity index (χ2n) is 5.20. The molecule has 0 saturated heterocycles. The minimum absolute atomic E-state index is 0.172. The normalized spacial score (nSPS) is 13.1. The van der Waals surface area contributed by atoms with E-state index in [2.05, 4.69) is 4.72 Å². The van der Waals surface area contributed by atoms with Gasteiger partial charge in [-0.2, -0.15) is 0 Å². The van der Waals surface area contributed by atoms with Gasteiger partial charge in [-0.1, -0.05) is 42.5 Å². The van der Waals surface area contributed by atoms with E-state index in [1.54, 1.807) is 19.9 Å². The predicted octanol–water partition coefficient (Wildman–Crippen LogP) is 2.93. The van der Waals surface area contributed by atoms with E-state index in [0.29, 0.717) is 11.3 Å². The van der Waals surface area contributed by atoms with E-state index in [9.17, 15) is 8.42 Å². The third-order valence-electron chi connectivity index (χ3n) is 3.51. The Labute approximate surface area is 126 Å². The quantitative estimate of drug-likeness (QED) is 0.853. The number of anilines is 1. The summed E-state index contributed by atoms with van der Waals surface area (Å²) in [6.07, 6.45) is 0. The number of sulfonamides is 1. The average molecular weight is 304 g/mol. The van der Waals surface area contributed by atoms with Crippen LogP contribution >= 0.6 is 0 Å². The summed E-state index contributed by atoms with van der Waals surface area (Å²) in [5, 5.41) is 0. The number of rotatable bonds is 4. The monoisotopic (exact) mass is 304 g/mol. The summed E-state index contributed by atoms with van der Waals surface area (Å²) in [6.45, 7) is 5.36. The maximum Gasteiger partial charge on any atom is 0.243 e. The Morgan fingerprint density at radius 1 is 1.00 bits per heavy atom. The Morgan fingerprint density at radius 2 is 1.57 bits per heavy atom. The first-order valence-electron chi connectivity index (χ1n) is 6.76. The molecule has 0 spiro atoms. The second kappa shape index (κ2) is 5.87. The van der Waals surface area contributed by atoms with Crippen molar-refractivity contribution in [3.8, 4) is 0 Å². The molecule has 1 atom stereocenters. The predicted molar refractivity (Wildman–Crippen MR) is 85.5 cm³/mol. The standard InChI is InChI=1S/C16H20N2O2S/c1-11-9-10-12(2)16(15(11)17)21(19,20)18-13(3)14-7-5-4-6-8-14/h4-10,13,18H,17H2,1-3H3/t13-/m0/s1. The van der Waals surface area contributed by atoms with Crippen molar-refractivity contribution in [1.82, 2.24) is 4.72 Å². The Morgan fingerprint density at radius 3 is 2.19 bits per heavy atom. The first-order valence-corrected chi connectivity index (χ1v) is 8.24. The molecular formula is C16H20N2O2S. The van der Waals surface area contributed by atoms with E-state index < -0.39 is 10.0 Å². The Bertz CT molecular complexity index is 740.